The maximum absolute atomic E-state index is 12.0. The van der Waals surface area contributed by atoms with Crippen molar-refractivity contribution in [2.24, 2.45) is 16.5 Å². The molecule has 1 atom stereocenters. The van der Waals surface area contributed by atoms with Gasteiger partial charge in [-0.15, -0.1) is 0 Å². The number of nitrogens with two attached hydrogens (primary N) is 2. The van der Waals surface area contributed by atoms with Gasteiger partial charge in [0.05, 0.1) is 0 Å². The van der Waals surface area contributed by atoms with Gasteiger partial charge in [-0.1, -0.05) is 96.8 Å². The van der Waals surface area contributed by atoms with Gasteiger partial charge >= 0.3 is 35.5 Å². The zero-order valence-corrected chi connectivity index (χ0v) is 22.9. The number of carbonyl (C=O) groups is 2. The van der Waals surface area contributed by atoms with Crippen molar-refractivity contribution in [3.8, 4) is 0 Å². The Balaban J connectivity index is -0.00000450. The molecule has 0 aliphatic rings. The molecule has 0 aromatic carbocycles. The molecular weight excluding hydrogens is 415 g/mol. The smallest absolute Gasteiger partial charge is 1.00 e. The third-order valence-corrected chi connectivity index (χ3v) is 5.59. The molecule has 0 fully saturated rings. The molecule has 0 rings (SSSR count). The van der Waals surface area contributed by atoms with E-state index in [2.05, 4.69) is 17.2 Å². The van der Waals surface area contributed by atoms with Crippen LogP contribution in [0.2, 0.25) is 0 Å². The van der Waals surface area contributed by atoms with Crippen LogP contribution >= 0.6 is 0 Å². The number of nitrogens with zero attached hydrogens (tertiary/aromatic N) is 1. The van der Waals surface area contributed by atoms with Crippen LogP contribution in [0.15, 0.2) is 4.99 Å². The number of amides is 1. The third-order valence-electron chi connectivity index (χ3n) is 5.59. The summed E-state index contributed by atoms with van der Waals surface area (Å²) >= 11 is 0. The summed E-state index contributed by atoms with van der Waals surface area (Å²) in [5.74, 6) is -1.22. The minimum Gasteiger partial charge on any atom is -1.00 e. The molecule has 0 aliphatic heterocycles. The molecule has 0 unspecified atom stereocenters. The van der Waals surface area contributed by atoms with Gasteiger partial charge in [0.1, 0.15) is 6.04 Å². The van der Waals surface area contributed by atoms with Crippen molar-refractivity contribution in [3.05, 3.63) is 0 Å². The molecule has 0 radical (unpaired) electrons. The Bertz CT molecular complexity index is 492. The second kappa shape index (κ2) is 24.8. The van der Waals surface area contributed by atoms with Crippen LogP contribution in [0.4, 0.5) is 0 Å². The van der Waals surface area contributed by atoms with Crippen LogP contribution in [0.5, 0.6) is 0 Å². The van der Waals surface area contributed by atoms with Gasteiger partial charge in [0.15, 0.2) is 5.96 Å². The van der Waals surface area contributed by atoms with E-state index >= 15 is 0 Å². The first-order valence-electron chi connectivity index (χ1n) is 12.5. The molecule has 8 heteroatoms. The minimum absolute atomic E-state index is 0. The van der Waals surface area contributed by atoms with Crippen LogP contribution < -0.4 is 46.3 Å². The Morgan fingerprint density at radius 3 is 1.66 bits per heavy atom. The van der Waals surface area contributed by atoms with Gasteiger partial charge in [-0.25, -0.2) is 4.79 Å². The zero-order valence-electron chi connectivity index (χ0n) is 21.9. The first kappa shape index (κ1) is 33.4. The molecular formula is C24H49N4NaO3. The molecule has 7 nitrogen and oxygen atoms in total. The third kappa shape index (κ3) is 23.9. The first-order valence-corrected chi connectivity index (χ1v) is 12.5. The van der Waals surface area contributed by atoms with E-state index < -0.39 is 12.0 Å². The van der Waals surface area contributed by atoms with Gasteiger partial charge in [0.2, 0.25) is 5.91 Å². The van der Waals surface area contributed by atoms with E-state index in [9.17, 15) is 14.7 Å². The van der Waals surface area contributed by atoms with Crippen LogP contribution in [0.1, 0.15) is 124 Å². The Hall–Kier alpha value is -0.790. The molecule has 0 aromatic rings. The predicted octanol–water partition coefficient (Wildman–Crippen LogP) is 1.99. The van der Waals surface area contributed by atoms with E-state index in [-0.39, 0.29) is 42.9 Å². The van der Waals surface area contributed by atoms with Crippen LogP contribution in [0.3, 0.4) is 0 Å². The number of aliphatic carboxylic acids is 1. The number of rotatable bonds is 22. The molecule has 0 bridgehead atoms. The number of nitrogens with one attached hydrogen (secondary N) is 1. The fourth-order valence-electron chi connectivity index (χ4n) is 3.68. The molecule has 184 valence electrons. The van der Waals surface area contributed by atoms with Crippen molar-refractivity contribution in [2.45, 2.75) is 129 Å². The van der Waals surface area contributed by atoms with E-state index in [1.807, 2.05) is 0 Å². The number of carboxylic acid groups (broad SMARTS) is 1. The monoisotopic (exact) mass is 464 g/mol. The zero-order chi connectivity index (χ0) is 23.2. The van der Waals surface area contributed by atoms with E-state index in [4.69, 9.17) is 11.5 Å². The van der Waals surface area contributed by atoms with Gasteiger partial charge in [-0.2, -0.15) is 0 Å². The van der Waals surface area contributed by atoms with Crippen molar-refractivity contribution in [3.63, 3.8) is 0 Å². The molecule has 1 amide bonds. The number of carbonyl (C=O) groups excluding carboxylic acids is 1. The number of guanidine groups is 1. The SMILES string of the molecule is CCCCCCCCCCCCCCCCCC(=O)N[C@@H](CCCN=C(N)N)C(=O)O.[H-].[Na+]. The Kier molecular flexibility index (Phi) is 25.9. The van der Waals surface area contributed by atoms with Crippen molar-refractivity contribution < 1.29 is 45.7 Å². The van der Waals surface area contributed by atoms with Gasteiger partial charge in [-0.05, 0) is 19.3 Å². The minimum atomic E-state index is -1.02. The number of hydrogen-bond acceptors (Lipinski definition) is 3. The second-order valence-corrected chi connectivity index (χ2v) is 8.61. The van der Waals surface area contributed by atoms with Crippen molar-refractivity contribution in [1.29, 1.82) is 0 Å². The maximum Gasteiger partial charge on any atom is 1.00 e. The molecule has 0 saturated carbocycles. The summed E-state index contributed by atoms with van der Waals surface area (Å²) in [6.07, 6.45) is 20.4. The standard InChI is InChI=1S/C24H48N4O3.Na.H/c1-2-3-4-5-6-7-8-9-10-11-12-13-14-15-16-19-22(29)28-21(23(30)31)18-17-20-27-24(25)26;;/h21H,2-20H2,1H3,(H,28,29)(H,30,31)(H4,25,26,27);;/q;+1;-1/t21-;;/m0../s1. The number of hydrogen-bond donors (Lipinski definition) is 4. The number of carboxylic acids is 1. The quantitative estimate of drug-likeness (QED) is 0.0842. The molecule has 0 aromatic heterocycles. The Morgan fingerprint density at radius 1 is 0.812 bits per heavy atom. The summed E-state index contributed by atoms with van der Waals surface area (Å²) < 4.78 is 0. The second-order valence-electron chi connectivity index (χ2n) is 8.61. The van der Waals surface area contributed by atoms with E-state index in [1.54, 1.807) is 0 Å². The first-order chi connectivity index (χ1) is 15.0. The van der Waals surface area contributed by atoms with Crippen LogP contribution in [-0.2, 0) is 9.59 Å². The average Bonchev–Trinajstić information content (AvgIpc) is 2.72. The fraction of sp³-hybridized carbons (Fsp3) is 0.875. The summed E-state index contributed by atoms with van der Waals surface area (Å²) in [5.41, 5.74) is 10.5. The van der Waals surface area contributed by atoms with Crippen molar-refractivity contribution in [1.82, 2.24) is 5.32 Å². The van der Waals surface area contributed by atoms with Crippen LogP contribution in [0.25, 0.3) is 0 Å². The van der Waals surface area contributed by atoms with Crippen molar-refractivity contribution >= 4 is 17.8 Å². The molecule has 0 heterocycles. The molecule has 0 aliphatic carbocycles. The van der Waals surface area contributed by atoms with E-state index in [0.29, 0.717) is 25.8 Å². The van der Waals surface area contributed by atoms with Gasteiger partial charge < -0.3 is 23.3 Å². The van der Waals surface area contributed by atoms with E-state index in [1.165, 1.54) is 77.0 Å². The largest absolute Gasteiger partial charge is 1.00 e. The number of aliphatic imine (C=N–C) groups is 1. The molecule has 0 saturated heterocycles. The summed E-state index contributed by atoms with van der Waals surface area (Å²) in [5, 5.41) is 11.8. The molecule has 6 N–H and O–H groups in total. The summed E-state index contributed by atoms with van der Waals surface area (Å²) in [6, 6.07) is -0.877. The fourth-order valence-corrected chi connectivity index (χ4v) is 3.68. The topological polar surface area (TPSA) is 131 Å². The molecule has 0 spiro atoms. The Labute approximate surface area is 219 Å². The summed E-state index contributed by atoms with van der Waals surface area (Å²) in [7, 11) is 0. The normalized spacial score (nSPS) is 11.4. The van der Waals surface area contributed by atoms with Gasteiger partial charge in [-0.3, -0.25) is 9.79 Å². The average molecular weight is 465 g/mol. The van der Waals surface area contributed by atoms with E-state index in [0.717, 1.165) is 19.3 Å². The van der Waals surface area contributed by atoms with Crippen molar-refractivity contribution in [2.75, 3.05) is 6.54 Å². The Morgan fingerprint density at radius 2 is 1.25 bits per heavy atom. The van der Waals surface area contributed by atoms with Crippen LogP contribution in [0, 0.1) is 0 Å². The summed E-state index contributed by atoms with van der Waals surface area (Å²) in [4.78, 5) is 27.1. The van der Waals surface area contributed by atoms with Crippen LogP contribution in [-0.4, -0.2) is 35.5 Å². The molecule has 32 heavy (non-hydrogen) atoms. The summed E-state index contributed by atoms with van der Waals surface area (Å²) in [6.45, 7) is 2.62. The number of unbranched alkanes of at least 4 members (excludes halogenated alkanes) is 14. The van der Waals surface area contributed by atoms with Gasteiger partial charge in [0.25, 0.3) is 0 Å². The predicted molar refractivity (Wildman–Crippen MR) is 130 cm³/mol. The maximum atomic E-state index is 12.0. The van der Waals surface area contributed by atoms with Gasteiger partial charge in [0, 0.05) is 13.0 Å².